The minimum absolute atomic E-state index is 0.202. The highest BCUT2D eigenvalue weighted by molar-refractivity contribution is 5.98. The summed E-state index contributed by atoms with van der Waals surface area (Å²) in [4.78, 5) is 23.3. The van der Waals surface area contributed by atoms with E-state index < -0.39 is 33.7 Å². The molecule has 110 valence electrons. The molecule has 0 radical (unpaired) electrons. The van der Waals surface area contributed by atoms with Gasteiger partial charge in [0.2, 0.25) is 0 Å². The van der Waals surface area contributed by atoms with Gasteiger partial charge in [-0.3, -0.25) is 14.9 Å². The minimum atomic E-state index is -1.35. The normalized spacial score (nSPS) is 12.1. The quantitative estimate of drug-likeness (QED) is 0.617. The van der Waals surface area contributed by atoms with Gasteiger partial charge < -0.3 is 4.90 Å². The molecule has 1 aromatic carbocycles. The molecule has 0 spiro atoms. The third kappa shape index (κ3) is 3.49. The van der Waals surface area contributed by atoms with Gasteiger partial charge >= 0.3 is 0 Å². The lowest BCUT2D eigenvalue weighted by molar-refractivity contribution is -0.385. The average Bonchev–Trinajstić information content (AvgIpc) is 2.39. The van der Waals surface area contributed by atoms with Crippen molar-refractivity contribution in [2.75, 3.05) is 13.6 Å². The van der Waals surface area contributed by atoms with E-state index in [0.717, 1.165) is 6.42 Å². The molecule has 1 amide bonds. The second-order valence-corrected chi connectivity index (χ2v) is 4.74. The number of halogens is 2. The van der Waals surface area contributed by atoms with Crippen molar-refractivity contribution >= 4 is 11.6 Å². The Hall–Kier alpha value is -2.05. The van der Waals surface area contributed by atoms with Crippen LogP contribution in [0.4, 0.5) is 14.5 Å². The van der Waals surface area contributed by atoms with Crippen molar-refractivity contribution < 1.29 is 18.5 Å². The highest BCUT2D eigenvalue weighted by Crippen LogP contribution is 2.23. The summed E-state index contributed by atoms with van der Waals surface area (Å²) in [5, 5.41) is 10.8. The smallest absolute Gasteiger partial charge is 0.285 e. The predicted molar refractivity (Wildman–Crippen MR) is 69.4 cm³/mol. The van der Waals surface area contributed by atoms with Crippen LogP contribution < -0.4 is 0 Å². The minimum Gasteiger partial charge on any atom is -0.341 e. The molecule has 0 aliphatic rings. The van der Waals surface area contributed by atoms with E-state index in [4.69, 9.17) is 0 Å². The third-order valence-electron chi connectivity index (χ3n) is 3.09. The number of hydrogen-bond donors (Lipinski definition) is 0. The number of nitro benzene ring substituents is 1. The van der Waals surface area contributed by atoms with Gasteiger partial charge in [-0.2, -0.15) is 0 Å². The molecule has 0 aliphatic carbocycles. The summed E-state index contributed by atoms with van der Waals surface area (Å²) in [5.74, 6) is -3.13. The third-order valence-corrected chi connectivity index (χ3v) is 3.09. The van der Waals surface area contributed by atoms with Crippen LogP contribution in [0.3, 0.4) is 0 Å². The van der Waals surface area contributed by atoms with Crippen LogP contribution in [0.2, 0.25) is 0 Å². The van der Waals surface area contributed by atoms with Crippen LogP contribution >= 0.6 is 0 Å². The van der Waals surface area contributed by atoms with Gasteiger partial charge in [0.25, 0.3) is 11.6 Å². The molecule has 1 unspecified atom stereocenters. The summed E-state index contributed by atoms with van der Waals surface area (Å²) < 4.78 is 26.3. The number of hydrogen-bond acceptors (Lipinski definition) is 3. The summed E-state index contributed by atoms with van der Waals surface area (Å²) in [6.45, 7) is 4.25. The molecule has 5 nitrogen and oxygen atoms in total. The molecule has 0 aromatic heterocycles. The van der Waals surface area contributed by atoms with Crippen molar-refractivity contribution in [3.63, 3.8) is 0 Å². The molecule has 0 heterocycles. The average molecular weight is 286 g/mol. The zero-order chi connectivity index (χ0) is 15.4. The van der Waals surface area contributed by atoms with Crippen molar-refractivity contribution in [3.8, 4) is 0 Å². The maximum absolute atomic E-state index is 13.2. The van der Waals surface area contributed by atoms with E-state index in [0.29, 0.717) is 18.7 Å². The largest absolute Gasteiger partial charge is 0.341 e. The Kier molecular flexibility index (Phi) is 5.12. The summed E-state index contributed by atoms with van der Waals surface area (Å²) in [6.07, 6.45) is 0.831. The molecule has 0 saturated carbocycles. The fourth-order valence-electron chi connectivity index (χ4n) is 1.74. The molecule has 0 bridgehead atoms. The van der Waals surface area contributed by atoms with E-state index in [-0.39, 0.29) is 5.92 Å². The number of carbonyl (C=O) groups excluding carboxylic acids is 1. The van der Waals surface area contributed by atoms with Crippen molar-refractivity contribution in [1.29, 1.82) is 0 Å². The SMILES string of the molecule is CCC(C)CN(C)C(=O)c1cc(F)c(F)cc1[N+](=O)[O-]. The summed E-state index contributed by atoms with van der Waals surface area (Å²) in [6, 6.07) is 1.00. The van der Waals surface area contributed by atoms with Crippen molar-refractivity contribution in [3.05, 3.63) is 39.4 Å². The van der Waals surface area contributed by atoms with E-state index >= 15 is 0 Å². The number of rotatable bonds is 5. The zero-order valence-electron chi connectivity index (χ0n) is 11.5. The Balaban J connectivity index is 3.14. The number of benzene rings is 1. The standard InChI is InChI=1S/C13H16F2N2O3/c1-4-8(2)7-16(3)13(18)9-5-10(14)11(15)6-12(9)17(19)20/h5-6,8H,4,7H2,1-3H3. The molecule has 0 aliphatic heterocycles. The highest BCUT2D eigenvalue weighted by atomic mass is 19.2. The van der Waals surface area contributed by atoms with Gasteiger partial charge in [-0.05, 0) is 12.0 Å². The maximum Gasteiger partial charge on any atom is 0.285 e. The molecular formula is C13H16F2N2O3. The van der Waals surface area contributed by atoms with Crippen molar-refractivity contribution in [2.45, 2.75) is 20.3 Å². The van der Waals surface area contributed by atoms with E-state index in [1.54, 1.807) is 0 Å². The van der Waals surface area contributed by atoms with E-state index in [1.165, 1.54) is 11.9 Å². The van der Waals surface area contributed by atoms with Crippen molar-refractivity contribution in [1.82, 2.24) is 4.90 Å². The first-order valence-corrected chi connectivity index (χ1v) is 6.16. The molecule has 1 rings (SSSR count). The number of nitro groups is 1. The molecule has 0 saturated heterocycles. The number of amides is 1. The lowest BCUT2D eigenvalue weighted by Gasteiger charge is -2.20. The van der Waals surface area contributed by atoms with E-state index in [9.17, 15) is 23.7 Å². The van der Waals surface area contributed by atoms with E-state index in [2.05, 4.69) is 0 Å². The summed E-state index contributed by atoms with van der Waals surface area (Å²) >= 11 is 0. The van der Waals surface area contributed by atoms with Crippen LogP contribution in [-0.2, 0) is 0 Å². The molecule has 20 heavy (non-hydrogen) atoms. The van der Waals surface area contributed by atoms with Crippen LogP contribution in [0.15, 0.2) is 12.1 Å². The fraction of sp³-hybridized carbons (Fsp3) is 0.462. The Morgan fingerprint density at radius 1 is 1.40 bits per heavy atom. The van der Waals surface area contributed by atoms with Gasteiger partial charge in [-0.15, -0.1) is 0 Å². The van der Waals surface area contributed by atoms with Crippen LogP contribution in [0.1, 0.15) is 30.6 Å². The molecule has 1 atom stereocenters. The van der Waals surface area contributed by atoms with Gasteiger partial charge in [0.15, 0.2) is 11.6 Å². The molecule has 0 N–H and O–H groups in total. The second-order valence-electron chi connectivity index (χ2n) is 4.74. The van der Waals surface area contributed by atoms with Crippen LogP contribution in [0.5, 0.6) is 0 Å². The Labute approximate surface area is 115 Å². The van der Waals surface area contributed by atoms with Gasteiger partial charge in [0, 0.05) is 13.6 Å². The van der Waals surface area contributed by atoms with Gasteiger partial charge in [-0.1, -0.05) is 20.3 Å². The first kappa shape index (κ1) is 16.0. The Morgan fingerprint density at radius 3 is 2.45 bits per heavy atom. The molecular weight excluding hydrogens is 270 g/mol. The first-order chi connectivity index (χ1) is 9.27. The highest BCUT2D eigenvalue weighted by Gasteiger charge is 2.26. The maximum atomic E-state index is 13.2. The molecule has 0 fully saturated rings. The van der Waals surface area contributed by atoms with Gasteiger partial charge in [0.05, 0.1) is 11.0 Å². The Bertz CT molecular complexity index is 535. The first-order valence-electron chi connectivity index (χ1n) is 6.16. The lowest BCUT2D eigenvalue weighted by atomic mass is 10.1. The predicted octanol–water partition coefficient (Wildman–Crippen LogP) is 2.99. The molecule has 7 heteroatoms. The summed E-state index contributed by atoms with van der Waals surface area (Å²) in [5.41, 5.74) is -1.18. The van der Waals surface area contributed by atoms with Crippen LogP contribution in [0.25, 0.3) is 0 Å². The van der Waals surface area contributed by atoms with Gasteiger partial charge in [0.1, 0.15) is 5.56 Å². The molecule has 1 aromatic rings. The summed E-state index contributed by atoms with van der Waals surface area (Å²) in [7, 11) is 1.47. The van der Waals surface area contributed by atoms with Crippen LogP contribution in [-0.4, -0.2) is 29.3 Å². The lowest BCUT2D eigenvalue weighted by Crippen LogP contribution is -2.31. The number of carbonyl (C=O) groups is 1. The Morgan fingerprint density at radius 2 is 1.95 bits per heavy atom. The van der Waals surface area contributed by atoms with Crippen LogP contribution in [0, 0.1) is 27.7 Å². The zero-order valence-corrected chi connectivity index (χ0v) is 11.5. The van der Waals surface area contributed by atoms with Crippen molar-refractivity contribution in [2.24, 2.45) is 5.92 Å². The second kappa shape index (κ2) is 6.40. The van der Waals surface area contributed by atoms with Gasteiger partial charge in [-0.25, -0.2) is 8.78 Å². The topological polar surface area (TPSA) is 63.5 Å². The fourth-order valence-corrected chi connectivity index (χ4v) is 1.74. The monoisotopic (exact) mass is 286 g/mol. The number of nitrogens with zero attached hydrogens (tertiary/aromatic N) is 2. The van der Waals surface area contributed by atoms with E-state index in [1.807, 2.05) is 13.8 Å².